The zero-order valence-electron chi connectivity index (χ0n) is 14.5. The molecule has 0 aromatic heterocycles. The maximum Gasteiger partial charge on any atom is 0.324 e. The van der Waals surface area contributed by atoms with E-state index in [9.17, 15) is 9.59 Å². The van der Waals surface area contributed by atoms with Crippen LogP contribution in [0.15, 0.2) is 63.6 Å². The number of nitrogens with one attached hydrogen (secondary N) is 2. The van der Waals surface area contributed by atoms with Crippen LogP contribution in [0.4, 0.5) is 0 Å². The molecule has 0 bridgehead atoms. The first-order valence-electron chi connectivity index (χ1n) is 8.23. The van der Waals surface area contributed by atoms with Crippen molar-refractivity contribution in [3.63, 3.8) is 0 Å². The van der Waals surface area contributed by atoms with E-state index in [4.69, 9.17) is 10.7 Å². The zero-order valence-corrected chi connectivity index (χ0v) is 14.5. The molecule has 1 amide bonds. The van der Waals surface area contributed by atoms with Gasteiger partial charge in [0.05, 0.1) is 16.9 Å². The Morgan fingerprint density at radius 3 is 2.52 bits per heavy atom. The summed E-state index contributed by atoms with van der Waals surface area (Å²) in [5.41, 5.74) is 3.48. The summed E-state index contributed by atoms with van der Waals surface area (Å²) in [6.45, 7) is 1.65. The van der Waals surface area contributed by atoms with Gasteiger partial charge in [-0.25, -0.2) is 9.98 Å². The van der Waals surface area contributed by atoms with Gasteiger partial charge in [-0.2, -0.15) is 5.10 Å². The summed E-state index contributed by atoms with van der Waals surface area (Å²) in [6.07, 6.45) is 1.58. The molecule has 9 nitrogen and oxygen atoms in total. The molecule has 27 heavy (non-hydrogen) atoms. The maximum atomic E-state index is 12.7. The van der Waals surface area contributed by atoms with E-state index in [0.717, 1.165) is 0 Å². The lowest BCUT2D eigenvalue weighted by molar-refractivity contribution is -0.156. The number of nitrogens with two attached hydrogens (primary N) is 1. The maximum absolute atomic E-state index is 12.7. The zero-order chi connectivity index (χ0) is 19.3. The number of carbonyl (C=O) groups is 2. The van der Waals surface area contributed by atoms with Crippen molar-refractivity contribution >= 4 is 18.1 Å². The molecule has 0 unspecified atom stereocenters. The molecular formula is C18H18N6O3. The molecule has 0 aliphatic carbocycles. The average molecular weight is 366 g/mol. The molecule has 0 saturated carbocycles. The Hall–Kier alpha value is -3.59. The van der Waals surface area contributed by atoms with Crippen molar-refractivity contribution in [1.29, 1.82) is 0 Å². The summed E-state index contributed by atoms with van der Waals surface area (Å²) in [5, 5.41) is 7.23. The van der Waals surface area contributed by atoms with Crippen molar-refractivity contribution in [2.45, 2.75) is 19.3 Å². The first-order chi connectivity index (χ1) is 13.0. The van der Waals surface area contributed by atoms with Crippen LogP contribution in [-0.2, 0) is 9.63 Å². The van der Waals surface area contributed by atoms with E-state index in [1.807, 2.05) is 0 Å². The average Bonchev–Trinajstić information content (AvgIpc) is 3.05. The Morgan fingerprint density at radius 2 is 1.89 bits per heavy atom. The van der Waals surface area contributed by atoms with Crippen LogP contribution in [0.2, 0.25) is 0 Å². The summed E-state index contributed by atoms with van der Waals surface area (Å²) < 4.78 is 0. The van der Waals surface area contributed by atoms with Crippen LogP contribution in [0.5, 0.6) is 0 Å². The number of fused-ring (bicyclic) bond motifs is 1. The Balaban J connectivity index is 1.90. The van der Waals surface area contributed by atoms with Crippen LogP contribution in [0.3, 0.4) is 0 Å². The van der Waals surface area contributed by atoms with E-state index in [1.165, 1.54) is 6.21 Å². The summed E-state index contributed by atoms with van der Waals surface area (Å²) in [6, 6.07) is 13.8. The van der Waals surface area contributed by atoms with E-state index in [-0.39, 0.29) is 6.42 Å². The Kier molecular flexibility index (Phi) is 5.23. The smallest absolute Gasteiger partial charge is 0.324 e. The lowest BCUT2D eigenvalue weighted by Crippen LogP contribution is -2.56. The number of hydrazone groups is 1. The number of hydrogen-bond acceptors (Lipinski definition) is 8. The largest absolute Gasteiger partial charge is 0.365 e. The van der Waals surface area contributed by atoms with E-state index >= 15 is 0 Å². The van der Waals surface area contributed by atoms with Crippen molar-refractivity contribution in [1.82, 2.24) is 10.8 Å². The van der Waals surface area contributed by atoms with Crippen LogP contribution < -0.4 is 27.4 Å². The molecule has 3 rings (SSSR count). The molecule has 2 aromatic carbocycles. The van der Waals surface area contributed by atoms with Gasteiger partial charge in [-0.15, -0.1) is 0 Å². The van der Waals surface area contributed by atoms with Crippen LogP contribution in [0, 0.1) is 0 Å². The monoisotopic (exact) mass is 366 g/mol. The summed E-state index contributed by atoms with van der Waals surface area (Å²) in [5.74, 6) is 2.52. The molecule has 0 atom stereocenters. The molecule has 1 heterocycles. The molecule has 1 aliphatic heterocycles. The second-order valence-electron chi connectivity index (χ2n) is 5.67. The normalized spacial score (nSPS) is 14.1. The quantitative estimate of drug-likeness (QED) is 0.280. The molecular weight excluding hydrogens is 348 g/mol. The van der Waals surface area contributed by atoms with Gasteiger partial charge >= 0.3 is 11.9 Å². The summed E-state index contributed by atoms with van der Waals surface area (Å²) in [7, 11) is 0. The molecule has 0 radical (unpaired) electrons. The predicted molar refractivity (Wildman–Crippen MR) is 96.7 cm³/mol. The van der Waals surface area contributed by atoms with Crippen LogP contribution in [0.1, 0.15) is 29.3 Å². The second kappa shape index (κ2) is 7.75. The van der Waals surface area contributed by atoms with E-state index in [0.29, 0.717) is 21.8 Å². The van der Waals surface area contributed by atoms with E-state index in [1.54, 1.807) is 55.5 Å². The Bertz CT molecular complexity index is 983. The van der Waals surface area contributed by atoms with Gasteiger partial charge in [-0.05, 0) is 29.8 Å². The van der Waals surface area contributed by atoms with Crippen molar-refractivity contribution in [3.05, 3.63) is 70.4 Å². The Morgan fingerprint density at radius 1 is 1.19 bits per heavy atom. The van der Waals surface area contributed by atoms with Gasteiger partial charge in [-0.1, -0.05) is 36.7 Å². The molecule has 0 spiro atoms. The van der Waals surface area contributed by atoms with Crippen molar-refractivity contribution in [2.24, 2.45) is 20.9 Å². The molecule has 0 saturated heterocycles. The third kappa shape index (κ3) is 4.15. The third-order valence-electron chi connectivity index (χ3n) is 3.70. The van der Waals surface area contributed by atoms with E-state index < -0.39 is 17.8 Å². The number of hydrogen-bond donors (Lipinski definition) is 3. The number of benzene rings is 2. The molecule has 2 aromatic rings. The fourth-order valence-corrected chi connectivity index (χ4v) is 2.43. The predicted octanol–water partition coefficient (Wildman–Crippen LogP) is -0.269. The molecule has 4 N–H and O–H groups in total. The first-order valence-corrected chi connectivity index (χ1v) is 8.23. The highest BCUT2D eigenvalue weighted by Gasteiger charge is 2.35. The van der Waals surface area contributed by atoms with Gasteiger partial charge in [-0.3, -0.25) is 14.9 Å². The number of hydroxylamine groups is 1. The number of nitrogens with zero attached hydrogens (tertiary/aromatic N) is 3. The first kappa shape index (κ1) is 18.2. The third-order valence-corrected chi connectivity index (χ3v) is 3.70. The highest BCUT2D eigenvalue weighted by molar-refractivity contribution is 5.96. The van der Waals surface area contributed by atoms with Crippen LogP contribution in [0.25, 0.3) is 0 Å². The molecule has 9 heteroatoms. The topological polar surface area (TPSA) is 131 Å². The van der Waals surface area contributed by atoms with Gasteiger partial charge in [0.1, 0.15) is 0 Å². The fraction of sp³-hybridized carbons (Fsp3) is 0.167. The van der Waals surface area contributed by atoms with Crippen molar-refractivity contribution < 1.29 is 14.4 Å². The number of carbonyl (C=O) groups excluding carboxylic acids is 2. The molecule has 1 aliphatic rings. The van der Waals surface area contributed by atoms with Gasteiger partial charge in [0.2, 0.25) is 0 Å². The number of para-hydroxylation sites is 2. The minimum atomic E-state index is -1.65. The standard InChI is InChI=1S/C18H18N6O3/c1-2-16(25)27-24-18(21-14-8-3-4-9-15(14)22-18)23-17(26)13-7-5-6-12(10-13)11-20-19/h3-11,24H,2,19H2,1H3,(H,23,26). The van der Waals surface area contributed by atoms with Crippen LogP contribution >= 0.6 is 0 Å². The fourth-order valence-electron chi connectivity index (χ4n) is 2.43. The highest BCUT2D eigenvalue weighted by Crippen LogP contribution is 2.10. The summed E-state index contributed by atoms with van der Waals surface area (Å²) in [4.78, 5) is 38.0. The molecule has 138 valence electrons. The summed E-state index contributed by atoms with van der Waals surface area (Å²) >= 11 is 0. The lowest BCUT2D eigenvalue weighted by Gasteiger charge is -2.24. The van der Waals surface area contributed by atoms with Gasteiger partial charge in [0.25, 0.3) is 5.91 Å². The minimum Gasteiger partial charge on any atom is -0.365 e. The molecule has 0 fully saturated rings. The van der Waals surface area contributed by atoms with Crippen molar-refractivity contribution in [3.8, 4) is 0 Å². The number of rotatable bonds is 6. The SMILES string of the molecule is CCC(=O)ONC1(NC(=O)c2cccc(C=NN)c2)N=c2ccccc2=N1. The van der Waals surface area contributed by atoms with E-state index in [2.05, 4.69) is 25.9 Å². The Labute approximate surface area is 154 Å². The van der Waals surface area contributed by atoms with Gasteiger partial charge in [0.15, 0.2) is 0 Å². The van der Waals surface area contributed by atoms with Crippen molar-refractivity contribution in [2.75, 3.05) is 0 Å². The second-order valence-corrected chi connectivity index (χ2v) is 5.67. The highest BCUT2D eigenvalue weighted by atomic mass is 16.7. The van der Waals surface area contributed by atoms with Gasteiger partial charge < -0.3 is 10.7 Å². The van der Waals surface area contributed by atoms with Crippen LogP contribution in [-0.4, -0.2) is 24.0 Å². The lowest BCUT2D eigenvalue weighted by atomic mass is 10.1. The number of amides is 1. The van der Waals surface area contributed by atoms with Gasteiger partial charge in [0, 0.05) is 12.0 Å². The minimum absolute atomic E-state index is 0.157.